The number of benzene rings is 4. The fourth-order valence-electron chi connectivity index (χ4n) is 4.92. The molecule has 0 amide bonds. The molecule has 0 saturated heterocycles. The number of phenolic OH excluding ortho intramolecular Hbond substituents is 1. The lowest BCUT2D eigenvalue weighted by molar-refractivity contribution is 0.476. The van der Waals surface area contributed by atoms with Gasteiger partial charge >= 0.3 is 0 Å². The van der Waals surface area contributed by atoms with E-state index in [1.165, 1.54) is 0 Å². The number of rotatable bonds is 3. The lowest BCUT2D eigenvalue weighted by Crippen LogP contribution is -1.92. The molecule has 4 aromatic carbocycles. The predicted molar refractivity (Wildman–Crippen MR) is 144 cm³/mol. The van der Waals surface area contributed by atoms with E-state index < -0.39 is 0 Å². The quantitative estimate of drug-likeness (QED) is 0.291. The second kappa shape index (κ2) is 7.82. The number of phenols is 1. The standard InChI is InChI=1S/C31H21N3O2/c1-34-18-26(30-21-12-6-5-11-20(21)15-25(32-30)19-9-3-2-4-10-19)33-31(34)24-16-23-22-13-7-8-14-28(22)36-29(23)17-27(24)35/h2-18,35H,1H3. The number of fused-ring (bicyclic) bond motifs is 4. The summed E-state index contributed by atoms with van der Waals surface area (Å²) < 4.78 is 7.87. The van der Waals surface area contributed by atoms with Gasteiger partial charge in [-0.25, -0.2) is 9.97 Å². The van der Waals surface area contributed by atoms with Crippen LogP contribution in [-0.4, -0.2) is 19.6 Å². The first kappa shape index (κ1) is 20.5. The van der Waals surface area contributed by atoms with E-state index in [0.29, 0.717) is 17.0 Å². The van der Waals surface area contributed by atoms with Crippen molar-refractivity contribution in [1.29, 1.82) is 0 Å². The Morgan fingerprint density at radius 1 is 0.694 bits per heavy atom. The highest BCUT2D eigenvalue weighted by molar-refractivity contribution is 6.07. The molecule has 3 aromatic heterocycles. The zero-order valence-corrected chi connectivity index (χ0v) is 19.5. The molecule has 0 atom stereocenters. The average Bonchev–Trinajstić information content (AvgIpc) is 3.47. The minimum Gasteiger partial charge on any atom is -0.507 e. The van der Waals surface area contributed by atoms with Crippen molar-refractivity contribution in [2.24, 2.45) is 7.05 Å². The lowest BCUT2D eigenvalue weighted by Gasteiger charge is -2.08. The van der Waals surface area contributed by atoms with Crippen LogP contribution >= 0.6 is 0 Å². The van der Waals surface area contributed by atoms with E-state index in [1.54, 1.807) is 6.07 Å². The first-order chi connectivity index (χ1) is 17.7. The molecule has 7 rings (SSSR count). The minimum atomic E-state index is 0.123. The topological polar surface area (TPSA) is 64.1 Å². The highest BCUT2D eigenvalue weighted by Crippen LogP contribution is 2.39. The molecule has 1 N–H and O–H groups in total. The molecule has 0 fully saturated rings. The van der Waals surface area contributed by atoms with E-state index in [4.69, 9.17) is 14.4 Å². The summed E-state index contributed by atoms with van der Waals surface area (Å²) in [5.41, 5.74) is 5.58. The number of hydrogen-bond acceptors (Lipinski definition) is 4. The van der Waals surface area contributed by atoms with Gasteiger partial charge in [-0.15, -0.1) is 0 Å². The van der Waals surface area contributed by atoms with Gasteiger partial charge in [-0.2, -0.15) is 0 Å². The molecule has 0 unspecified atom stereocenters. The number of aryl methyl sites for hydroxylation is 1. The molecule has 0 radical (unpaired) electrons. The van der Waals surface area contributed by atoms with Crippen molar-refractivity contribution in [3.63, 3.8) is 0 Å². The average molecular weight is 468 g/mol. The SMILES string of the molecule is Cn1cc(-c2nc(-c3ccccc3)cc3ccccc23)nc1-c1cc2c(cc1O)oc1ccccc12. The van der Waals surface area contributed by atoms with Crippen LogP contribution in [0.15, 0.2) is 108 Å². The van der Waals surface area contributed by atoms with Gasteiger partial charge in [-0.3, -0.25) is 0 Å². The Bertz CT molecular complexity index is 1920. The molecule has 0 saturated carbocycles. The maximum absolute atomic E-state index is 10.9. The molecule has 5 heteroatoms. The molecule has 5 nitrogen and oxygen atoms in total. The van der Waals surface area contributed by atoms with Crippen LogP contribution in [-0.2, 0) is 7.05 Å². The zero-order chi connectivity index (χ0) is 24.2. The zero-order valence-electron chi connectivity index (χ0n) is 19.5. The Labute approximate surface area is 206 Å². The molecule has 0 aliphatic carbocycles. The van der Waals surface area contributed by atoms with Crippen molar-refractivity contribution in [2.75, 3.05) is 0 Å². The van der Waals surface area contributed by atoms with E-state index in [9.17, 15) is 5.11 Å². The third kappa shape index (κ3) is 3.17. The Hall–Kier alpha value is -4.90. The predicted octanol–water partition coefficient (Wildman–Crippen LogP) is 7.57. The normalized spacial score (nSPS) is 11.6. The van der Waals surface area contributed by atoms with E-state index >= 15 is 0 Å². The van der Waals surface area contributed by atoms with Gasteiger partial charge in [0.15, 0.2) is 0 Å². The summed E-state index contributed by atoms with van der Waals surface area (Å²) in [5.74, 6) is 0.781. The van der Waals surface area contributed by atoms with E-state index in [1.807, 2.05) is 78.5 Å². The van der Waals surface area contributed by atoms with Crippen molar-refractivity contribution in [3.05, 3.63) is 103 Å². The number of furan rings is 1. The maximum atomic E-state index is 10.9. The summed E-state index contributed by atoms with van der Waals surface area (Å²) in [6.45, 7) is 0. The Morgan fingerprint density at radius 2 is 1.44 bits per heavy atom. The van der Waals surface area contributed by atoms with Crippen molar-refractivity contribution < 1.29 is 9.52 Å². The van der Waals surface area contributed by atoms with Gasteiger partial charge in [0.25, 0.3) is 0 Å². The maximum Gasteiger partial charge on any atom is 0.144 e. The van der Waals surface area contributed by atoms with E-state index in [2.05, 4.69) is 30.3 Å². The van der Waals surface area contributed by atoms with Gasteiger partial charge in [-0.05, 0) is 23.6 Å². The molecule has 0 aliphatic heterocycles. The molecular formula is C31H21N3O2. The summed E-state index contributed by atoms with van der Waals surface area (Å²) >= 11 is 0. The molecule has 36 heavy (non-hydrogen) atoms. The smallest absolute Gasteiger partial charge is 0.144 e. The van der Waals surface area contributed by atoms with Gasteiger partial charge in [0.2, 0.25) is 0 Å². The number of para-hydroxylation sites is 1. The van der Waals surface area contributed by atoms with Crippen LogP contribution in [0.1, 0.15) is 0 Å². The molecule has 0 spiro atoms. The molecular weight excluding hydrogens is 446 g/mol. The number of pyridine rings is 1. The summed E-state index contributed by atoms with van der Waals surface area (Å²) in [7, 11) is 1.94. The van der Waals surface area contributed by atoms with Crippen molar-refractivity contribution >= 4 is 32.7 Å². The summed E-state index contributed by atoms with van der Waals surface area (Å²) in [6.07, 6.45) is 1.97. The Morgan fingerprint density at radius 3 is 2.31 bits per heavy atom. The van der Waals surface area contributed by atoms with Crippen LogP contribution in [0.25, 0.3) is 66.7 Å². The molecule has 0 aliphatic rings. The number of nitrogens with zero attached hydrogens (tertiary/aromatic N) is 3. The van der Waals surface area contributed by atoms with Crippen LogP contribution in [0.3, 0.4) is 0 Å². The minimum absolute atomic E-state index is 0.123. The van der Waals surface area contributed by atoms with Gasteiger partial charge in [-0.1, -0.05) is 72.8 Å². The van der Waals surface area contributed by atoms with Gasteiger partial charge in [0, 0.05) is 41.0 Å². The number of hydrogen-bond donors (Lipinski definition) is 1. The first-order valence-corrected chi connectivity index (χ1v) is 11.8. The van der Waals surface area contributed by atoms with Gasteiger partial charge in [0.1, 0.15) is 28.4 Å². The van der Waals surface area contributed by atoms with E-state index in [0.717, 1.165) is 49.8 Å². The third-order valence-corrected chi connectivity index (χ3v) is 6.66. The number of aromatic nitrogens is 3. The highest BCUT2D eigenvalue weighted by atomic mass is 16.3. The van der Waals surface area contributed by atoms with Gasteiger partial charge < -0.3 is 14.1 Å². The number of aromatic hydroxyl groups is 1. The summed E-state index contributed by atoms with van der Waals surface area (Å²) in [4.78, 5) is 10.0. The Balaban J connectivity index is 1.43. The summed E-state index contributed by atoms with van der Waals surface area (Å²) in [6, 6.07) is 32.0. The first-order valence-electron chi connectivity index (χ1n) is 11.8. The molecule has 172 valence electrons. The third-order valence-electron chi connectivity index (χ3n) is 6.66. The van der Waals surface area contributed by atoms with Crippen molar-refractivity contribution in [2.45, 2.75) is 0 Å². The van der Waals surface area contributed by atoms with Crippen LogP contribution in [0.4, 0.5) is 0 Å². The van der Waals surface area contributed by atoms with Crippen LogP contribution < -0.4 is 0 Å². The van der Waals surface area contributed by atoms with Crippen LogP contribution in [0.5, 0.6) is 5.75 Å². The molecule has 3 heterocycles. The Kier molecular flexibility index (Phi) is 4.45. The largest absolute Gasteiger partial charge is 0.507 e. The lowest BCUT2D eigenvalue weighted by atomic mass is 10.0. The van der Waals surface area contributed by atoms with Crippen molar-refractivity contribution in [1.82, 2.24) is 14.5 Å². The fourth-order valence-corrected chi connectivity index (χ4v) is 4.92. The molecule has 0 bridgehead atoms. The molecule has 7 aromatic rings. The second-order valence-corrected chi connectivity index (χ2v) is 8.97. The monoisotopic (exact) mass is 467 g/mol. The van der Waals surface area contributed by atoms with E-state index in [-0.39, 0.29) is 5.75 Å². The highest BCUT2D eigenvalue weighted by Gasteiger charge is 2.19. The number of imidazole rings is 1. The van der Waals surface area contributed by atoms with Gasteiger partial charge in [0.05, 0.1) is 17.0 Å². The fraction of sp³-hybridized carbons (Fsp3) is 0.0323. The van der Waals surface area contributed by atoms with Crippen LogP contribution in [0.2, 0.25) is 0 Å². The second-order valence-electron chi connectivity index (χ2n) is 8.97. The summed E-state index contributed by atoms with van der Waals surface area (Å²) in [5, 5.41) is 15.0. The van der Waals surface area contributed by atoms with Crippen molar-refractivity contribution in [3.8, 4) is 39.8 Å². The van der Waals surface area contributed by atoms with Crippen LogP contribution in [0, 0.1) is 0 Å².